The van der Waals surface area contributed by atoms with E-state index in [0.717, 1.165) is 29.3 Å². The molecule has 102 valence electrons. The number of pyridine rings is 1. The van der Waals surface area contributed by atoms with Crippen molar-refractivity contribution >= 4 is 0 Å². The minimum Gasteiger partial charge on any atom is -0.313 e. The first kappa shape index (κ1) is 14.8. The average Bonchev–Trinajstić information content (AvgIpc) is 2.29. The zero-order valence-corrected chi connectivity index (χ0v) is 10.4. The van der Waals surface area contributed by atoms with Crippen molar-refractivity contribution in [3.63, 3.8) is 0 Å². The van der Waals surface area contributed by atoms with Gasteiger partial charge in [0, 0.05) is 24.8 Å². The lowest BCUT2D eigenvalue weighted by Crippen LogP contribution is -2.36. The summed E-state index contributed by atoms with van der Waals surface area (Å²) in [6.45, 7) is 4.79. The van der Waals surface area contributed by atoms with Crippen molar-refractivity contribution in [1.29, 1.82) is 0 Å². The van der Waals surface area contributed by atoms with Crippen molar-refractivity contribution < 1.29 is 13.2 Å². The van der Waals surface area contributed by atoms with E-state index in [0.29, 0.717) is 6.54 Å². The number of aromatic nitrogens is 1. The van der Waals surface area contributed by atoms with Gasteiger partial charge in [-0.25, -0.2) is 0 Å². The number of rotatable bonds is 5. The van der Waals surface area contributed by atoms with Gasteiger partial charge in [0.25, 0.3) is 5.56 Å². The molecule has 1 aromatic heterocycles. The van der Waals surface area contributed by atoms with Gasteiger partial charge < -0.3 is 9.88 Å². The molecule has 18 heavy (non-hydrogen) atoms. The molecular weight excluding hydrogens is 245 g/mol. The minimum absolute atomic E-state index is 0.00353. The highest BCUT2D eigenvalue weighted by Gasteiger charge is 2.31. The number of nitrogens with zero attached hydrogens (tertiary/aromatic N) is 1. The molecule has 1 rings (SSSR count). The SMILES string of the molecule is CCNC(CC)Cn1cc(C(F)(F)F)ccc1=O. The Kier molecular flexibility index (Phi) is 4.95. The minimum atomic E-state index is -4.42. The molecule has 0 aliphatic rings. The first-order valence-corrected chi connectivity index (χ1v) is 5.89. The summed E-state index contributed by atoms with van der Waals surface area (Å²) in [7, 11) is 0. The molecule has 0 spiro atoms. The molecule has 0 aliphatic carbocycles. The highest BCUT2D eigenvalue weighted by atomic mass is 19.4. The van der Waals surface area contributed by atoms with Gasteiger partial charge in [0.1, 0.15) is 0 Å². The van der Waals surface area contributed by atoms with Crippen LogP contribution in [0, 0.1) is 0 Å². The van der Waals surface area contributed by atoms with Crippen LogP contribution in [0.5, 0.6) is 0 Å². The molecule has 1 unspecified atom stereocenters. The van der Waals surface area contributed by atoms with Crippen LogP contribution >= 0.6 is 0 Å². The van der Waals surface area contributed by atoms with Crippen molar-refractivity contribution in [3.8, 4) is 0 Å². The predicted octanol–water partition coefficient (Wildman–Crippen LogP) is 2.26. The highest BCUT2D eigenvalue weighted by Crippen LogP contribution is 2.28. The summed E-state index contributed by atoms with van der Waals surface area (Å²) in [5, 5.41) is 3.13. The third-order valence-electron chi connectivity index (χ3n) is 2.71. The van der Waals surface area contributed by atoms with E-state index < -0.39 is 17.3 Å². The largest absolute Gasteiger partial charge is 0.417 e. The summed E-state index contributed by atoms with van der Waals surface area (Å²) in [5.41, 5.74) is -1.21. The molecule has 0 saturated carbocycles. The van der Waals surface area contributed by atoms with Gasteiger partial charge in [-0.2, -0.15) is 13.2 Å². The molecule has 6 heteroatoms. The van der Waals surface area contributed by atoms with Gasteiger partial charge in [0.15, 0.2) is 0 Å². The van der Waals surface area contributed by atoms with Gasteiger partial charge in [0.2, 0.25) is 0 Å². The van der Waals surface area contributed by atoms with E-state index in [1.54, 1.807) is 0 Å². The van der Waals surface area contributed by atoms with E-state index in [9.17, 15) is 18.0 Å². The number of hydrogen-bond acceptors (Lipinski definition) is 2. The van der Waals surface area contributed by atoms with Crippen LogP contribution in [0.4, 0.5) is 13.2 Å². The topological polar surface area (TPSA) is 34.0 Å². The average molecular weight is 262 g/mol. The Balaban J connectivity index is 2.97. The van der Waals surface area contributed by atoms with Crippen LogP contribution in [0.2, 0.25) is 0 Å². The van der Waals surface area contributed by atoms with Crippen LogP contribution in [0.3, 0.4) is 0 Å². The lowest BCUT2D eigenvalue weighted by atomic mass is 10.2. The number of hydrogen-bond donors (Lipinski definition) is 1. The molecule has 1 N–H and O–H groups in total. The van der Waals surface area contributed by atoms with Gasteiger partial charge in [-0.1, -0.05) is 13.8 Å². The number of likely N-dealkylation sites (N-methyl/N-ethyl adjacent to an activating group) is 1. The van der Waals surface area contributed by atoms with Crippen LogP contribution in [-0.2, 0) is 12.7 Å². The normalized spacial score (nSPS) is 13.6. The fraction of sp³-hybridized carbons (Fsp3) is 0.583. The maximum absolute atomic E-state index is 12.5. The molecule has 1 atom stereocenters. The number of nitrogens with one attached hydrogen (secondary N) is 1. The molecule has 0 amide bonds. The lowest BCUT2D eigenvalue weighted by Gasteiger charge is -2.18. The Morgan fingerprint density at radius 3 is 2.50 bits per heavy atom. The number of alkyl halides is 3. The van der Waals surface area contributed by atoms with Crippen LogP contribution < -0.4 is 10.9 Å². The third kappa shape index (κ3) is 3.87. The molecule has 0 saturated heterocycles. The second-order valence-corrected chi connectivity index (χ2v) is 4.07. The molecule has 1 heterocycles. The van der Waals surface area contributed by atoms with E-state index in [2.05, 4.69) is 5.32 Å². The predicted molar refractivity (Wildman–Crippen MR) is 63.5 cm³/mol. The molecule has 3 nitrogen and oxygen atoms in total. The van der Waals surface area contributed by atoms with E-state index in [1.807, 2.05) is 13.8 Å². The maximum atomic E-state index is 12.5. The van der Waals surface area contributed by atoms with Crippen molar-refractivity contribution in [2.75, 3.05) is 6.54 Å². The zero-order chi connectivity index (χ0) is 13.8. The summed E-state index contributed by atoms with van der Waals surface area (Å²) in [6.07, 6.45) is -2.80. The van der Waals surface area contributed by atoms with Crippen molar-refractivity contribution in [3.05, 3.63) is 34.2 Å². The summed E-state index contributed by atoms with van der Waals surface area (Å²) in [5.74, 6) is 0. The standard InChI is InChI=1S/C12H17F3N2O/c1-3-10(16-4-2)8-17-7-9(12(13,14)15)5-6-11(17)18/h5-7,10,16H,3-4,8H2,1-2H3. The van der Waals surface area contributed by atoms with E-state index >= 15 is 0 Å². The lowest BCUT2D eigenvalue weighted by molar-refractivity contribution is -0.138. The maximum Gasteiger partial charge on any atom is 0.417 e. The quantitative estimate of drug-likeness (QED) is 0.883. The first-order chi connectivity index (χ1) is 8.38. The summed E-state index contributed by atoms with van der Waals surface area (Å²) in [4.78, 5) is 11.5. The highest BCUT2D eigenvalue weighted by molar-refractivity contribution is 5.13. The van der Waals surface area contributed by atoms with Gasteiger partial charge in [0.05, 0.1) is 5.56 Å². The Bertz CT molecular complexity index is 440. The Hall–Kier alpha value is -1.30. The molecule has 0 aliphatic heterocycles. The monoisotopic (exact) mass is 262 g/mol. The van der Waals surface area contributed by atoms with E-state index in [1.165, 1.54) is 0 Å². The summed E-state index contributed by atoms with van der Waals surface area (Å²) < 4.78 is 38.7. The second-order valence-electron chi connectivity index (χ2n) is 4.07. The van der Waals surface area contributed by atoms with Crippen molar-refractivity contribution in [2.24, 2.45) is 0 Å². The zero-order valence-electron chi connectivity index (χ0n) is 10.4. The van der Waals surface area contributed by atoms with E-state index in [4.69, 9.17) is 0 Å². The Labute approximate surface area is 104 Å². The van der Waals surface area contributed by atoms with Crippen LogP contribution in [0.25, 0.3) is 0 Å². The van der Waals surface area contributed by atoms with Gasteiger partial charge in [-0.15, -0.1) is 0 Å². The van der Waals surface area contributed by atoms with E-state index in [-0.39, 0.29) is 12.6 Å². The third-order valence-corrected chi connectivity index (χ3v) is 2.71. The smallest absolute Gasteiger partial charge is 0.313 e. The Morgan fingerprint density at radius 2 is 2.00 bits per heavy atom. The van der Waals surface area contributed by atoms with Crippen LogP contribution in [-0.4, -0.2) is 17.2 Å². The fourth-order valence-electron chi connectivity index (χ4n) is 1.71. The second kappa shape index (κ2) is 6.04. The molecule has 1 aromatic rings. The van der Waals surface area contributed by atoms with Crippen molar-refractivity contribution in [2.45, 2.75) is 39.0 Å². The van der Waals surface area contributed by atoms with Gasteiger partial charge in [-0.3, -0.25) is 4.79 Å². The Morgan fingerprint density at radius 1 is 1.33 bits per heavy atom. The number of halogens is 3. The van der Waals surface area contributed by atoms with Crippen molar-refractivity contribution in [1.82, 2.24) is 9.88 Å². The summed E-state index contributed by atoms with van der Waals surface area (Å²) in [6, 6.07) is 1.77. The summed E-state index contributed by atoms with van der Waals surface area (Å²) >= 11 is 0. The molecule has 0 bridgehead atoms. The van der Waals surface area contributed by atoms with Crippen LogP contribution in [0.15, 0.2) is 23.1 Å². The molecular formula is C12H17F3N2O. The molecule has 0 radical (unpaired) electrons. The van der Waals surface area contributed by atoms with Crippen LogP contribution in [0.1, 0.15) is 25.8 Å². The molecule has 0 aromatic carbocycles. The van der Waals surface area contributed by atoms with Gasteiger partial charge in [-0.05, 0) is 19.0 Å². The first-order valence-electron chi connectivity index (χ1n) is 5.89. The fourth-order valence-corrected chi connectivity index (χ4v) is 1.71. The molecule has 0 fully saturated rings. The van der Waals surface area contributed by atoms with Gasteiger partial charge >= 0.3 is 6.18 Å².